The molecule has 2 N–H and O–H groups in total. The predicted octanol–water partition coefficient (Wildman–Crippen LogP) is 1.18. The molecule has 1 amide bonds. The highest BCUT2D eigenvalue weighted by atomic mass is 16.3. The summed E-state index contributed by atoms with van der Waals surface area (Å²) in [4.78, 5) is 16.5. The van der Waals surface area contributed by atoms with E-state index in [0.717, 1.165) is 36.2 Å². The van der Waals surface area contributed by atoms with Crippen LogP contribution in [-0.4, -0.2) is 37.8 Å². The number of hydrogen-bond donors (Lipinski definition) is 2. The lowest BCUT2D eigenvalue weighted by Gasteiger charge is -2.36. The molecule has 1 aliphatic carbocycles. The highest BCUT2D eigenvalue weighted by Gasteiger charge is 2.34. The van der Waals surface area contributed by atoms with Gasteiger partial charge in [-0.2, -0.15) is 10.4 Å². The number of fused-ring (bicyclic) bond motifs is 1. The lowest BCUT2D eigenvalue weighted by atomic mass is 9.80. The monoisotopic (exact) mass is 327 g/mol. The summed E-state index contributed by atoms with van der Waals surface area (Å²) in [6.07, 6.45) is 4.92. The Morgan fingerprint density at radius 3 is 2.88 bits per heavy atom. The molecule has 0 spiro atoms. The minimum atomic E-state index is -0.704. The third-order valence-corrected chi connectivity index (χ3v) is 4.83. The van der Waals surface area contributed by atoms with E-state index in [4.69, 9.17) is 5.26 Å². The number of nitrogens with zero attached hydrogens (tertiary/aromatic N) is 4. The highest BCUT2D eigenvalue weighted by molar-refractivity contribution is 5.76. The van der Waals surface area contributed by atoms with E-state index in [1.807, 2.05) is 13.8 Å². The van der Waals surface area contributed by atoms with Gasteiger partial charge in [0, 0.05) is 24.4 Å². The largest absolute Gasteiger partial charge is 0.388 e. The fourth-order valence-electron chi connectivity index (χ4n) is 3.10. The van der Waals surface area contributed by atoms with Crippen LogP contribution in [0.5, 0.6) is 0 Å². The summed E-state index contributed by atoms with van der Waals surface area (Å²) in [6, 6.07) is 2.08. The Hall–Kier alpha value is -2.46. The zero-order chi connectivity index (χ0) is 17.3. The topological polar surface area (TPSA) is 103 Å². The van der Waals surface area contributed by atoms with Crippen LogP contribution in [0.4, 0.5) is 0 Å². The number of aliphatic hydroxyl groups is 1. The van der Waals surface area contributed by atoms with Crippen molar-refractivity contribution < 1.29 is 9.90 Å². The number of rotatable bonds is 5. The molecule has 0 saturated heterocycles. The summed E-state index contributed by atoms with van der Waals surface area (Å²) in [5, 5.41) is 26.1. The number of carbonyl (C=O) groups is 1. The van der Waals surface area contributed by atoms with Crippen molar-refractivity contribution in [3.8, 4) is 6.07 Å². The molecule has 126 valence electrons. The second-order valence-electron chi connectivity index (χ2n) is 6.52. The Labute approximate surface area is 140 Å². The molecule has 2 heterocycles. The van der Waals surface area contributed by atoms with Gasteiger partial charge in [0.25, 0.3) is 0 Å². The zero-order valence-corrected chi connectivity index (χ0v) is 14.0. The van der Waals surface area contributed by atoms with Crippen molar-refractivity contribution in [2.24, 2.45) is 0 Å². The van der Waals surface area contributed by atoms with Crippen LogP contribution in [0.25, 0.3) is 5.65 Å². The number of amides is 1. The first-order chi connectivity index (χ1) is 11.4. The van der Waals surface area contributed by atoms with E-state index in [9.17, 15) is 9.90 Å². The van der Waals surface area contributed by atoms with Gasteiger partial charge in [-0.3, -0.25) is 4.79 Å². The zero-order valence-electron chi connectivity index (χ0n) is 14.0. The molecule has 2 aromatic heterocycles. The molecule has 7 heteroatoms. The van der Waals surface area contributed by atoms with Gasteiger partial charge >= 0.3 is 0 Å². The van der Waals surface area contributed by atoms with Crippen LogP contribution in [0, 0.1) is 25.2 Å². The fraction of sp³-hybridized carbons (Fsp3) is 0.529. The number of aryl methyl sites for hydroxylation is 2. The predicted molar refractivity (Wildman–Crippen MR) is 87.3 cm³/mol. The van der Waals surface area contributed by atoms with E-state index in [0.29, 0.717) is 30.6 Å². The minimum Gasteiger partial charge on any atom is -0.388 e. The van der Waals surface area contributed by atoms with E-state index >= 15 is 0 Å². The molecule has 0 unspecified atom stereocenters. The maximum atomic E-state index is 12.0. The van der Waals surface area contributed by atoms with Crippen LogP contribution in [0.2, 0.25) is 0 Å². The van der Waals surface area contributed by atoms with Gasteiger partial charge in [0.15, 0.2) is 5.65 Å². The third-order valence-electron chi connectivity index (χ3n) is 4.83. The van der Waals surface area contributed by atoms with Crippen molar-refractivity contribution in [3.63, 3.8) is 0 Å². The van der Waals surface area contributed by atoms with Gasteiger partial charge in [-0.1, -0.05) is 0 Å². The van der Waals surface area contributed by atoms with Crippen LogP contribution in [0.15, 0.2) is 6.20 Å². The number of aromatic nitrogens is 3. The average molecular weight is 327 g/mol. The molecular weight excluding hydrogens is 306 g/mol. The first-order valence-corrected chi connectivity index (χ1v) is 8.16. The summed E-state index contributed by atoms with van der Waals surface area (Å²) in [5.74, 6) is -0.0765. The fourth-order valence-corrected chi connectivity index (χ4v) is 3.10. The van der Waals surface area contributed by atoms with Gasteiger partial charge in [0.05, 0.1) is 11.8 Å². The molecule has 1 saturated carbocycles. The highest BCUT2D eigenvalue weighted by Crippen LogP contribution is 2.30. The Balaban J connectivity index is 1.69. The molecule has 0 radical (unpaired) electrons. The molecule has 2 aromatic rings. The standard InChI is InChI=1S/C17H21N5O2/c1-11-14(4-5-15(23)19-10-17(24)6-3-7-17)12(2)22-16(21-11)13(8-18)9-20-22/h9,24H,3-7,10H2,1-2H3,(H,19,23). The van der Waals surface area contributed by atoms with Crippen LogP contribution < -0.4 is 5.32 Å². The van der Waals surface area contributed by atoms with E-state index in [1.54, 1.807) is 4.52 Å². The van der Waals surface area contributed by atoms with E-state index in [-0.39, 0.29) is 5.91 Å². The Kier molecular flexibility index (Phi) is 4.24. The van der Waals surface area contributed by atoms with Crippen LogP contribution in [0.1, 0.15) is 48.2 Å². The molecule has 1 aliphatic rings. The first-order valence-electron chi connectivity index (χ1n) is 8.16. The molecule has 1 fully saturated rings. The van der Waals surface area contributed by atoms with Gasteiger partial charge in [-0.15, -0.1) is 0 Å². The molecule has 0 bridgehead atoms. The third kappa shape index (κ3) is 2.97. The molecule has 7 nitrogen and oxygen atoms in total. The van der Waals surface area contributed by atoms with Gasteiger partial charge < -0.3 is 10.4 Å². The molecule has 0 aliphatic heterocycles. The number of hydrogen-bond acceptors (Lipinski definition) is 5. The SMILES string of the molecule is Cc1nc2c(C#N)cnn2c(C)c1CCC(=O)NCC1(O)CCC1. The quantitative estimate of drug-likeness (QED) is 0.858. The second kappa shape index (κ2) is 6.21. The summed E-state index contributed by atoms with van der Waals surface area (Å²) >= 11 is 0. The number of nitrogens with one attached hydrogen (secondary N) is 1. The Bertz CT molecular complexity index is 830. The van der Waals surface area contributed by atoms with E-state index < -0.39 is 5.60 Å². The first kappa shape index (κ1) is 16.4. The van der Waals surface area contributed by atoms with Crippen LogP contribution in [0.3, 0.4) is 0 Å². The normalized spacial score (nSPS) is 15.8. The summed E-state index contributed by atoms with van der Waals surface area (Å²) in [7, 11) is 0. The molecule has 3 rings (SSSR count). The summed E-state index contributed by atoms with van der Waals surface area (Å²) in [5.41, 5.74) is 2.96. The molecular formula is C17H21N5O2. The molecule has 0 aromatic carbocycles. The smallest absolute Gasteiger partial charge is 0.220 e. The minimum absolute atomic E-state index is 0.0765. The number of carbonyl (C=O) groups excluding carboxylic acids is 1. The van der Waals surface area contributed by atoms with Crippen molar-refractivity contribution in [2.75, 3.05) is 6.54 Å². The second-order valence-corrected chi connectivity index (χ2v) is 6.52. The van der Waals surface area contributed by atoms with Crippen molar-refractivity contribution in [1.29, 1.82) is 5.26 Å². The lowest BCUT2D eigenvalue weighted by Crippen LogP contribution is -2.47. The van der Waals surface area contributed by atoms with E-state index in [1.165, 1.54) is 6.20 Å². The molecule has 24 heavy (non-hydrogen) atoms. The van der Waals surface area contributed by atoms with Crippen LogP contribution in [-0.2, 0) is 11.2 Å². The van der Waals surface area contributed by atoms with Crippen molar-refractivity contribution in [3.05, 3.63) is 28.7 Å². The van der Waals surface area contributed by atoms with E-state index in [2.05, 4.69) is 21.5 Å². The van der Waals surface area contributed by atoms with Crippen molar-refractivity contribution in [2.45, 2.75) is 51.6 Å². The van der Waals surface area contributed by atoms with Gasteiger partial charge in [-0.25, -0.2) is 9.50 Å². The summed E-state index contributed by atoms with van der Waals surface area (Å²) < 4.78 is 1.65. The van der Waals surface area contributed by atoms with Crippen LogP contribution >= 0.6 is 0 Å². The van der Waals surface area contributed by atoms with Gasteiger partial charge in [0.1, 0.15) is 11.6 Å². The Morgan fingerprint density at radius 1 is 1.50 bits per heavy atom. The lowest BCUT2D eigenvalue weighted by molar-refractivity contribution is -0.123. The van der Waals surface area contributed by atoms with Gasteiger partial charge in [-0.05, 0) is 45.1 Å². The average Bonchev–Trinajstić information content (AvgIpc) is 2.93. The van der Waals surface area contributed by atoms with Crippen molar-refractivity contribution in [1.82, 2.24) is 19.9 Å². The maximum Gasteiger partial charge on any atom is 0.220 e. The maximum absolute atomic E-state index is 12.0. The Morgan fingerprint density at radius 2 is 2.25 bits per heavy atom. The number of nitriles is 1. The summed E-state index contributed by atoms with van der Waals surface area (Å²) in [6.45, 7) is 4.12. The van der Waals surface area contributed by atoms with Crippen molar-refractivity contribution >= 4 is 11.6 Å². The molecule has 0 atom stereocenters. The van der Waals surface area contributed by atoms with Gasteiger partial charge in [0.2, 0.25) is 5.91 Å².